The van der Waals surface area contributed by atoms with E-state index in [1.165, 1.54) is 0 Å². The summed E-state index contributed by atoms with van der Waals surface area (Å²) >= 11 is 0. The van der Waals surface area contributed by atoms with E-state index >= 15 is 0 Å². The Labute approximate surface area is 327 Å². The topological polar surface area (TPSA) is 196 Å². The van der Waals surface area contributed by atoms with Gasteiger partial charge in [-0.25, -0.2) is 9.89 Å². The number of pyridine rings is 1. The van der Waals surface area contributed by atoms with Crippen LogP contribution < -0.4 is 21.3 Å². The lowest BCUT2D eigenvalue weighted by Crippen LogP contribution is -2.51. The van der Waals surface area contributed by atoms with Crippen LogP contribution >= 0.6 is 0 Å². The molecule has 296 valence electrons. The van der Waals surface area contributed by atoms with E-state index in [-0.39, 0.29) is 42.0 Å². The maximum Gasteiger partial charge on any atom is 0.407 e. The highest BCUT2D eigenvalue weighted by Crippen LogP contribution is 2.29. The van der Waals surface area contributed by atoms with Gasteiger partial charge in [0.2, 0.25) is 11.8 Å². The largest absolute Gasteiger partial charge is 0.444 e. The Bertz CT molecular complexity index is 1970. The zero-order chi connectivity index (χ0) is 39.8. The van der Waals surface area contributed by atoms with Gasteiger partial charge in [-0.1, -0.05) is 24.3 Å². The van der Waals surface area contributed by atoms with Gasteiger partial charge in [-0.2, -0.15) is 0 Å². The second-order valence-corrected chi connectivity index (χ2v) is 15.9. The normalized spacial score (nSPS) is 19.1. The van der Waals surface area contributed by atoms with Crippen molar-refractivity contribution >= 4 is 29.5 Å². The van der Waals surface area contributed by atoms with Crippen molar-refractivity contribution in [2.24, 2.45) is 11.8 Å². The Kier molecular flexibility index (Phi) is 12.7. The van der Waals surface area contributed by atoms with Gasteiger partial charge in [-0.05, 0) is 124 Å². The molecule has 2 atom stereocenters. The smallest absolute Gasteiger partial charge is 0.407 e. The number of aromatic amines is 1. The molecule has 2 fully saturated rings. The van der Waals surface area contributed by atoms with Crippen molar-refractivity contribution in [3.05, 3.63) is 77.6 Å². The number of amides is 4. The van der Waals surface area contributed by atoms with Crippen molar-refractivity contribution in [2.45, 2.75) is 84.4 Å². The summed E-state index contributed by atoms with van der Waals surface area (Å²) in [6, 6.07) is 16.2. The first-order valence-corrected chi connectivity index (χ1v) is 19.3. The predicted molar refractivity (Wildman–Crippen MR) is 211 cm³/mol. The second-order valence-electron chi connectivity index (χ2n) is 15.9. The van der Waals surface area contributed by atoms with Gasteiger partial charge in [0.25, 0.3) is 5.91 Å². The van der Waals surface area contributed by atoms with E-state index in [2.05, 4.69) is 53.8 Å². The number of H-pyrrole nitrogens is 1. The summed E-state index contributed by atoms with van der Waals surface area (Å²) in [6.45, 7) is 12.1. The molecule has 0 spiro atoms. The predicted octanol–water partition coefficient (Wildman–Crippen LogP) is 4.67. The minimum absolute atomic E-state index is 0.0685. The molecule has 6 rings (SSSR count). The van der Waals surface area contributed by atoms with Crippen LogP contribution in [-0.4, -0.2) is 98.2 Å². The fraction of sp³-hybridized carbons (Fsp3) is 0.463. The number of tetrazole rings is 1. The van der Waals surface area contributed by atoms with Crippen LogP contribution in [0.25, 0.3) is 22.5 Å². The summed E-state index contributed by atoms with van der Waals surface area (Å²) in [5, 5.41) is 26.1. The van der Waals surface area contributed by atoms with Crippen LogP contribution in [0.15, 0.2) is 60.8 Å². The Morgan fingerprint density at radius 3 is 2.34 bits per heavy atom. The molecule has 15 nitrogen and oxygen atoms in total. The Morgan fingerprint density at radius 1 is 0.982 bits per heavy atom. The molecule has 0 radical (unpaired) electrons. The molecule has 1 aliphatic heterocycles. The molecule has 4 amide bonds. The molecular formula is C41H52N10O5. The summed E-state index contributed by atoms with van der Waals surface area (Å²) in [5.74, 6) is -0.0776. The van der Waals surface area contributed by atoms with Crippen LogP contribution in [0.5, 0.6) is 0 Å². The molecule has 1 saturated heterocycles. The fourth-order valence-electron chi connectivity index (χ4n) is 7.20. The van der Waals surface area contributed by atoms with Gasteiger partial charge < -0.3 is 30.9 Å². The fourth-order valence-corrected chi connectivity index (χ4v) is 7.20. The van der Waals surface area contributed by atoms with Crippen molar-refractivity contribution in [1.29, 1.82) is 0 Å². The van der Waals surface area contributed by atoms with Crippen molar-refractivity contribution in [3.63, 3.8) is 0 Å². The van der Waals surface area contributed by atoms with Gasteiger partial charge in [0.1, 0.15) is 17.3 Å². The van der Waals surface area contributed by atoms with Crippen LogP contribution in [0.3, 0.4) is 0 Å². The molecule has 2 aromatic carbocycles. The van der Waals surface area contributed by atoms with Crippen LogP contribution in [0, 0.1) is 18.8 Å². The van der Waals surface area contributed by atoms with E-state index in [1.807, 2.05) is 62.9 Å². The molecule has 2 aliphatic rings. The van der Waals surface area contributed by atoms with Crippen LogP contribution in [-0.2, 0) is 20.7 Å². The van der Waals surface area contributed by atoms with E-state index in [9.17, 15) is 19.2 Å². The minimum Gasteiger partial charge on any atom is -0.444 e. The number of carbonyl (C=O) groups excluding carboxylic acids is 4. The quantitative estimate of drug-likeness (QED) is 0.143. The van der Waals surface area contributed by atoms with Gasteiger partial charge >= 0.3 is 6.09 Å². The van der Waals surface area contributed by atoms with Crippen LogP contribution in [0.4, 0.5) is 10.5 Å². The molecule has 4 aromatic rings. The summed E-state index contributed by atoms with van der Waals surface area (Å²) in [4.78, 5) is 59.2. The molecule has 56 heavy (non-hydrogen) atoms. The molecule has 2 aromatic heterocycles. The van der Waals surface area contributed by atoms with Gasteiger partial charge in [0.05, 0.1) is 0 Å². The van der Waals surface area contributed by atoms with E-state index < -0.39 is 17.7 Å². The highest BCUT2D eigenvalue weighted by molar-refractivity contribution is 5.98. The lowest BCUT2D eigenvalue weighted by atomic mass is 9.81. The van der Waals surface area contributed by atoms with Crippen molar-refractivity contribution < 1.29 is 23.9 Å². The third-order valence-corrected chi connectivity index (χ3v) is 10.2. The van der Waals surface area contributed by atoms with Crippen molar-refractivity contribution in [3.8, 4) is 22.5 Å². The Hall–Kier alpha value is -5.70. The number of hydrogen-bond donors (Lipinski definition) is 5. The molecular weight excluding hydrogens is 713 g/mol. The van der Waals surface area contributed by atoms with Gasteiger partial charge in [-0.3, -0.25) is 19.4 Å². The molecule has 1 unspecified atom stereocenters. The second kappa shape index (κ2) is 17.8. The highest BCUT2D eigenvalue weighted by Gasteiger charge is 2.31. The van der Waals surface area contributed by atoms with E-state index in [0.29, 0.717) is 49.7 Å². The first kappa shape index (κ1) is 40.0. The standard InChI is InChI=1S/C41H52N10O5/c1-25-20-35(39(54)51-19-18-42-26(2)24-51)43-23-33(25)29-10-6-27(7-11-29)21-34(38(53)45-32-16-14-30(15-17-32)36-47-49-50-48-36)46-37(52)31-12-8-28(9-13-31)22-44-40(55)56-41(3,4)5/h6-7,10-11,14-17,20,23,26,28,31,34,42H,8-9,12-13,18-19,21-22,24H2,1-5H3,(H,44,55)(H,45,53)(H,46,52)(H,47,48,49,50)/t26?,28-,31-,34-/m0/s1. The summed E-state index contributed by atoms with van der Waals surface area (Å²) in [6.07, 6.45) is 4.42. The number of aryl methyl sites for hydroxylation is 1. The number of anilines is 1. The zero-order valence-corrected chi connectivity index (χ0v) is 32.7. The van der Waals surface area contributed by atoms with Gasteiger partial charge in [-0.15, -0.1) is 5.10 Å². The molecule has 0 bridgehead atoms. The average Bonchev–Trinajstić information content (AvgIpc) is 3.72. The molecule has 1 aliphatic carbocycles. The number of rotatable bonds is 11. The number of nitrogens with zero attached hydrogens (tertiary/aromatic N) is 5. The molecule has 5 N–H and O–H groups in total. The molecule has 3 heterocycles. The number of aromatic nitrogens is 5. The van der Waals surface area contributed by atoms with Crippen molar-refractivity contribution in [1.82, 2.24) is 46.5 Å². The minimum atomic E-state index is -0.848. The average molecular weight is 765 g/mol. The number of carbonyl (C=O) groups is 4. The number of ether oxygens (including phenoxy) is 1. The Morgan fingerprint density at radius 2 is 1.70 bits per heavy atom. The Balaban J connectivity index is 1.11. The van der Waals surface area contributed by atoms with Gasteiger partial charge in [0, 0.05) is 67.6 Å². The van der Waals surface area contributed by atoms with Gasteiger partial charge in [0.15, 0.2) is 5.82 Å². The number of nitrogens with one attached hydrogen (secondary N) is 5. The van der Waals surface area contributed by atoms with Crippen LogP contribution in [0.1, 0.15) is 75.0 Å². The lowest BCUT2D eigenvalue weighted by Gasteiger charge is -2.31. The SMILES string of the molecule is Cc1cc(C(=O)N2CCNC(C)C2)ncc1-c1ccc(C[C@H](NC(=O)[C@H]2CC[C@H](CNC(=O)OC(C)(C)C)CC2)C(=O)Nc2ccc(-c3nnn[nH]3)cc2)cc1. The monoisotopic (exact) mass is 764 g/mol. The van der Waals surface area contributed by atoms with E-state index in [1.54, 1.807) is 30.5 Å². The number of hydrogen-bond acceptors (Lipinski definition) is 10. The van der Waals surface area contributed by atoms with E-state index in [0.717, 1.165) is 47.2 Å². The van der Waals surface area contributed by atoms with Crippen LogP contribution in [0.2, 0.25) is 0 Å². The zero-order valence-electron chi connectivity index (χ0n) is 32.7. The summed E-state index contributed by atoms with van der Waals surface area (Å²) < 4.78 is 5.36. The van der Waals surface area contributed by atoms with Crippen molar-refractivity contribution in [2.75, 3.05) is 31.5 Å². The molecule has 15 heteroatoms. The van der Waals surface area contributed by atoms with E-state index in [4.69, 9.17) is 4.74 Å². The first-order valence-electron chi connectivity index (χ1n) is 19.3. The third-order valence-electron chi connectivity index (χ3n) is 10.2. The third kappa shape index (κ3) is 10.7. The number of piperazine rings is 1. The summed E-state index contributed by atoms with van der Waals surface area (Å²) in [5.41, 5.74) is 4.82. The highest BCUT2D eigenvalue weighted by atomic mass is 16.6. The maximum atomic E-state index is 13.8. The first-order chi connectivity index (χ1) is 26.8. The molecule has 1 saturated carbocycles. The lowest BCUT2D eigenvalue weighted by molar-refractivity contribution is -0.130. The maximum absolute atomic E-state index is 13.8. The number of alkyl carbamates (subject to hydrolysis) is 1. The number of benzene rings is 2. The summed E-state index contributed by atoms with van der Waals surface area (Å²) in [7, 11) is 0.